The normalized spacial score (nSPS) is 11.3. The third-order valence-corrected chi connectivity index (χ3v) is 3.81. The van der Waals surface area contributed by atoms with E-state index in [1.54, 1.807) is 4.90 Å². The van der Waals surface area contributed by atoms with E-state index in [4.69, 9.17) is 11.6 Å². The Morgan fingerprint density at radius 1 is 1.16 bits per heavy atom. The van der Waals surface area contributed by atoms with Crippen molar-refractivity contribution in [2.24, 2.45) is 0 Å². The summed E-state index contributed by atoms with van der Waals surface area (Å²) >= 11 is 5.58. The van der Waals surface area contributed by atoms with Gasteiger partial charge in [-0.25, -0.2) is 0 Å². The number of carbonyl (C=O) groups excluding carboxylic acids is 1. The summed E-state index contributed by atoms with van der Waals surface area (Å²) in [6.45, 7) is 4.79. The molecule has 1 N–H and O–H groups in total. The van der Waals surface area contributed by atoms with Crippen molar-refractivity contribution in [1.29, 1.82) is 0 Å². The highest BCUT2D eigenvalue weighted by Crippen LogP contribution is 2.36. The van der Waals surface area contributed by atoms with Gasteiger partial charge >= 0.3 is 6.18 Å². The van der Waals surface area contributed by atoms with Crippen LogP contribution in [0.1, 0.15) is 29.9 Å². The number of alkyl halides is 3. The minimum Gasteiger partial charge on any atom is -0.339 e. The van der Waals surface area contributed by atoms with Crippen molar-refractivity contribution in [3.05, 3.63) is 46.6 Å². The van der Waals surface area contributed by atoms with Crippen LogP contribution in [0.15, 0.2) is 30.3 Å². The molecule has 1 amide bonds. The molecule has 5 nitrogen and oxygen atoms in total. The molecule has 0 aliphatic carbocycles. The van der Waals surface area contributed by atoms with Gasteiger partial charge in [-0.15, -0.1) is 10.2 Å². The van der Waals surface area contributed by atoms with E-state index in [1.165, 1.54) is 18.2 Å². The fourth-order valence-corrected chi connectivity index (χ4v) is 2.38. The zero-order valence-electron chi connectivity index (χ0n) is 13.6. The van der Waals surface area contributed by atoms with E-state index in [9.17, 15) is 18.0 Å². The summed E-state index contributed by atoms with van der Waals surface area (Å²) < 4.78 is 38.6. The summed E-state index contributed by atoms with van der Waals surface area (Å²) in [5.74, 6) is -0.0403. The topological polar surface area (TPSA) is 58.1 Å². The lowest BCUT2D eigenvalue weighted by molar-refractivity contribution is -0.137. The van der Waals surface area contributed by atoms with E-state index < -0.39 is 11.7 Å². The molecular weight excluding hydrogens is 357 g/mol. The number of anilines is 2. The molecule has 9 heteroatoms. The number of aromatic nitrogens is 2. The molecule has 0 fully saturated rings. The largest absolute Gasteiger partial charge is 0.417 e. The summed E-state index contributed by atoms with van der Waals surface area (Å²) in [6.07, 6.45) is -4.56. The molecule has 0 aliphatic heterocycles. The fraction of sp³-hybridized carbons (Fsp3) is 0.312. The van der Waals surface area contributed by atoms with Crippen LogP contribution in [0.25, 0.3) is 0 Å². The molecule has 1 heterocycles. The Morgan fingerprint density at radius 2 is 1.84 bits per heavy atom. The van der Waals surface area contributed by atoms with Crippen LogP contribution in [0.2, 0.25) is 5.02 Å². The Kier molecular flexibility index (Phi) is 5.84. The molecule has 0 atom stereocenters. The maximum absolute atomic E-state index is 12.9. The Bertz CT molecular complexity index is 746. The quantitative estimate of drug-likeness (QED) is 0.846. The Labute approximate surface area is 147 Å². The van der Waals surface area contributed by atoms with Crippen molar-refractivity contribution in [3.8, 4) is 0 Å². The van der Waals surface area contributed by atoms with Gasteiger partial charge in [0.05, 0.1) is 10.6 Å². The molecule has 1 aromatic heterocycles. The van der Waals surface area contributed by atoms with E-state index in [0.717, 1.165) is 12.1 Å². The van der Waals surface area contributed by atoms with Crippen LogP contribution in [0.3, 0.4) is 0 Å². The molecular formula is C16H16ClF3N4O. The number of nitrogens with zero attached hydrogens (tertiary/aromatic N) is 3. The van der Waals surface area contributed by atoms with Crippen LogP contribution in [0.5, 0.6) is 0 Å². The summed E-state index contributed by atoms with van der Waals surface area (Å²) in [5, 5.41) is 9.99. The SMILES string of the molecule is CCN(CC)C(=O)c1ccc(Nc2ccc(Cl)c(C(F)(F)F)c2)nn1. The first-order chi connectivity index (χ1) is 11.8. The van der Waals surface area contributed by atoms with Crippen LogP contribution < -0.4 is 5.32 Å². The van der Waals surface area contributed by atoms with Crippen LogP contribution in [-0.4, -0.2) is 34.1 Å². The van der Waals surface area contributed by atoms with Crippen LogP contribution in [-0.2, 0) is 6.18 Å². The summed E-state index contributed by atoms with van der Waals surface area (Å²) in [6, 6.07) is 6.38. The standard InChI is InChI=1S/C16H16ClF3N4O/c1-3-24(4-2)15(25)13-7-8-14(23-22-13)21-10-5-6-12(17)11(9-10)16(18,19)20/h5-9H,3-4H2,1-2H3,(H,21,23). The second-order valence-electron chi connectivity index (χ2n) is 5.10. The lowest BCUT2D eigenvalue weighted by atomic mass is 10.2. The van der Waals surface area contributed by atoms with Gasteiger partial charge in [0.2, 0.25) is 0 Å². The van der Waals surface area contributed by atoms with Crippen molar-refractivity contribution in [2.45, 2.75) is 20.0 Å². The van der Waals surface area contributed by atoms with Gasteiger partial charge in [0.25, 0.3) is 5.91 Å². The molecule has 0 spiro atoms. The van der Waals surface area contributed by atoms with Crippen molar-refractivity contribution in [2.75, 3.05) is 18.4 Å². The zero-order chi connectivity index (χ0) is 18.6. The molecule has 0 bridgehead atoms. The van der Waals surface area contributed by atoms with Crippen molar-refractivity contribution in [3.63, 3.8) is 0 Å². The van der Waals surface area contributed by atoms with Crippen LogP contribution in [0.4, 0.5) is 24.7 Å². The van der Waals surface area contributed by atoms with E-state index >= 15 is 0 Å². The van der Waals surface area contributed by atoms with Crippen molar-refractivity contribution >= 4 is 29.0 Å². The smallest absolute Gasteiger partial charge is 0.339 e. The fourth-order valence-electron chi connectivity index (χ4n) is 2.15. The van der Waals surface area contributed by atoms with Crippen molar-refractivity contribution in [1.82, 2.24) is 15.1 Å². The third kappa shape index (κ3) is 4.60. The highest BCUT2D eigenvalue weighted by atomic mass is 35.5. The maximum atomic E-state index is 12.9. The molecule has 0 saturated heterocycles. The molecule has 0 aliphatic rings. The Morgan fingerprint density at radius 3 is 2.36 bits per heavy atom. The number of rotatable bonds is 5. The van der Waals surface area contributed by atoms with E-state index in [2.05, 4.69) is 15.5 Å². The number of amides is 1. The second kappa shape index (κ2) is 7.69. The first kappa shape index (κ1) is 19.0. The Hall–Kier alpha value is -2.35. The number of benzene rings is 1. The first-order valence-corrected chi connectivity index (χ1v) is 7.90. The summed E-state index contributed by atoms with van der Waals surface area (Å²) in [4.78, 5) is 13.7. The summed E-state index contributed by atoms with van der Waals surface area (Å²) in [5.41, 5.74) is -0.615. The molecule has 0 unspecified atom stereocenters. The van der Waals surface area contributed by atoms with E-state index in [1.807, 2.05) is 13.8 Å². The maximum Gasteiger partial charge on any atom is 0.417 e. The van der Waals surface area contributed by atoms with E-state index in [0.29, 0.717) is 13.1 Å². The second-order valence-corrected chi connectivity index (χ2v) is 5.51. The highest BCUT2D eigenvalue weighted by molar-refractivity contribution is 6.31. The minimum atomic E-state index is -4.56. The van der Waals surface area contributed by atoms with Gasteiger partial charge in [-0.05, 0) is 44.2 Å². The van der Waals surface area contributed by atoms with E-state index in [-0.39, 0.29) is 28.1 Å². The molecule has 1 aromatic carbocycles. The number of halogens is 4. The molecule has 0 radical (unpaired) electrons. The Balaban J connectivity index is 2.18. The molecule has 2 aromatic rings. The lowest BCUT2D eigenvalue weighted by Gasteiger charge is -2.17. The zero-order valence-corrected chi connectivity index (χ0v) is 14.3. The van der Waals surface area contributed by atoms with Crippen molar-refractivity contribution < 1.29 is 18.0 Å². The van der Waals surface area contributed by atoms with Gasteiger partial charge in [0.1, 0.15) is 0 Å². The number of carbonyl (C=O) groups is 1. The average molecular weight is 373 g/mol. The van der Waals surface area contributed by atoms with Gasteiger partial charge in [-0.2, -0.15) is 13.2 Å². The monoisotopic (exact) mass is 372 g/mol. The summed E-state index contributed by atoms with van der Waals surface area (Å²) in [7, 11) is 0. The van der Waals surface area contributed by atoms with Gasteiger partial charge in [-0.3, -0.25) is 4.79 Å². The molecule has 2 rings (SSSR count). The number of hydrogen-bond donors (Lipinski definition) is 1. The van der Waals surface area contributed by atoms with Crippen LogP contribution in [0, 0.1) is 0 Å². The third-order valence-electron chi connectivity index (χ3n) is 3.48. The molecule has 0 saturated carbocycles. The number of nitrogens with one attached hydrogen (secondary N) is 1. The number of hydrogen-bond acceptors (Lipinski definition) is 4. The van der Waals surface area contributed by atoms with Gasteiger partial charge in [0, 0.05) is 18.8 Å². The van der Waals surface area contributed by atoms with Gasteiger partial charge < -0.3 is 10.2 Å². The minimum absolute atomic E-state index is 0.161. The van der Waals surface area contributed by atoms with Crippen LogP contribution >= 0.6 is 11.6 Å². The lowest BCUT2D eigenvalue weighted by Crippen LogP contribution is -2.31. The highest BCUT2D eigenvalue weighted by Gasteiger charge is 2.33. The predicted molar refractivity (Wildman–Crippen MR) is 89.0 cm³/mol. The molecule has 25 heavy (non-hydrogen) atoms. The predicted octanol–water partition coefficient (Wildman–Crippen LogP) is 4.37. The average Bonchev–Trinajstić information content (AvgIpc) is 2.57. The van der Waals surface area contributed by atoms with Gasteiger partial charge in [0.15, 0.2) is 11.5 Å². The first-order valence-electron chi connectivity index (χ1n) is 7.53. The van der Waals surface area contributed by atoms with Gasteiger partial charge in [-0.1, -0.05) is 11.6 Å². The molecule has 134 valence electrons.